The first kappa shape index (κ1) is 15.4. The van der Waals surface area contributed by atoms with Crippen LogP contribution in [0, 0.1) is 5.92 Å². The average Bonchev–Trinajstić information content (AvgIpc) is 2.39. The fourth-order valence-corrected chi connectivity index (χ4v) is 3.09. The SMILES string of the molecule is CC(Nc1ccc(C(C)(C)C)cc1)C1CCC(N)CC1. The first-order valence-corrected chi connectivity index (χ1v) is 7.99. The Morgan fingerprint density at radius 2 is 1.60 bits per heavy atom. The number of benzene rings is 1. The largest absolute Gasteiger partial charge is 0.382 e. The van der Waals surface area contributed by atoms with Crippen LogP contribution in [0.25, 0.3) is 0 Å². The number of rotatable bonds is 3. The molecule has 112 valence electrons. The van der Waals surface area contributed by atoms with E-state index >= 15 is 0 Å². The summed E-state index contributed by atoms with van der Waals surface area (Å²) in [5.74, 6) is 0.761. The van der Waals surface area contributed by atoms with Crippen molar-refractivity contribution in [3.8, 4) is 0 Å². The van der Waals surface area contributed by atoms with E-state index in [2.05, 4.69) is 57.3 Å². The molecule has 1 fully saturated rings. The lowest BCUT2D eigenvalue weighted by Crippen LogP contribution is -2.34. The molecule has 0 saturated heterocycles. The Morgan fingerprint density at radius 1 is 1.05 bits per heavy atom. The van der Waals surface area contributed by atoms with Crippen molar-refractivity contribution in [1.82, 2.24) is 0 Å². The van der Waals surface area contributed by atoms with E-state index in [0.717, 1.165) is 5.92 Å². The summed E-state index contributed by atoms with van der Waals surface area (Å²) in [6.45, 7) is 9.06. The minimum Gasteiger partial charge on any atom is -0.382 e. The second kappa shape index (κ2) is 6.17. The molecular formula is C18H30N2. The molecule has 0 heterocycles. The van der Waals surface area contributed by atoms with E-state index in [9.17, 15) is 0 Å². The molecule has 0 spiro atoms. The summed E-state index contributed by atoms with van der Waals surface area (Å²) in [7, 11) is 0. The van der Waals surface area contributed by atoms with Crippen LogP contribution in [-0.2, 0) is 5.41 Å². The monoisotopic (exact) mass is 274 g/mol. The lowest BCUT2D eigenvalue weighted by molar-refractivity contribution is 0.302. The maximum atomic E-state index is 5.99. The number of nitrogens with two attached hydrogens (primary N) is 1. The van der Waals surface area contributed by atoms with Crippen molar-refractivity contribution in [2.45, 2.75) is 70.9 Å². The summed E-state index contributed by atoms with van der Waals surface area (Å²) in [6.07, 6.45) is 4.88. The Bertz CT molecular complexity index is 408. The van der Waals surface area contributed by atoms with Gasteiger partial charge in [-0.25, -0.2) is 0 Å². The van der Waals surface area contributed by atoms with Gasteiger partial charge >= 0.3 is 0 Å². The third-order valence-corrected chi connectivity index (χ3v) is 4.67. The molecule has 1 aromatic rings. The highest BCUT2D eigenvalue weighted by Gasteiger charge is 2.23. The molecule has 0 aromatic heterocycles. The van der Waals surface area contributed by atoms with Gasteiger partial charge < -0.3 is 11.1 Å². The molecule has 1 aliphatic rings. The molecule has 1 atom stereocenters. The Kier molecular flexibility index (Phi) is 4.74. The third kappa shape index (κ3) is 3.99. The number of nitrogens with one attached hydrogen (secondary N) is 1. The van der Waals surface area contributed by atoms with Crippen molar-refractivity contribution in [3.63, 3.8) is 0 Å². The van der Waals surface area contributed by atoms with Gasteiger partial charge in [0.15, 0.2) is 0 Å². The zero-order chi connectivity index (χ0) is 14.8. The highest BCUT2D eigenvalue weighted by atomic mass is 14.9. The number of hydrogen-bond donors (Lipinski definition) is 2. The molecular weight excluding hydrogens is 244 g/mol. The first-order valence-electron chi connectivity index (χ1n) is 7.99. The number of anilines is 1. The van der Waals surface area contributed by atoms with Crippen LogP contribution >= 0.6 is 0 Å². The van der Waals surface area contributed by atoms with E-state index < -0.39 is 0 Å². The predicted molar refractivity (Wildman–Crippen MR) is 88.2 cm³/mol. The van der Waals surface area contributed by atoms with Crippen molar-refractivity contribution in [1.29, 1.82) is 0 Å². The van der Waals surface area contributed by atoms with Gasteiger partial charge in [-0.15, -0.1) is 0 Å². The van der Waals surface area contributed by atoms with Crippen LogP contribution in [-0.4, -0.2) is 12.1 Å². The van der Waals surface area contributed by atoms with Crippen LogP contribution < -0.4 is 11.1 Å². The highest BCUT2D eigenvalue weighted by molar-refractivity contribution is 5.46. The first-order chi connectivity index (χ1) is 9.36. The Balaban J connectivity index is 1.93. The highest BCUT2D eigenvalue weighted by Crippen LogP contribution is 2.28. The van der Waals surface area contributed by atoms with Gasteiger partial charge in [-0.1, -0.05) is 32.9 Å². The van der Waals surface area contributed by atoms with E-state index in [0.29, 0.717) is 12.1 Å². The maximum Gasteiger partial charge on any atom is 0.0342 e. The average molecular weight is 274 g/mol. The van der Waals surface area contributed by atoms with Gasteiger partial charge in [-0.2, -0.15) is 0 Å². The molecule has 1 unspecified atom stereocenters. The molecule has 0 amide bonds. The lowest BCUT2D eigenvalue weighted by Gasteiger charge is -2.31. The Hall–Kier alpha value is -1.02. The van der Waals surface area contributed by atoms with Crippen LogP contribution in [0.3, 0.4) is 0 Å². The normalized spacial score (nSPS) is 25.2. The summed E-state index contributed by atoms with van der Waals surface area (Å²) in [5, 5.41) is 3.66. The van der Waals surface area contributed by atoms with Crippen molar-refractivity contribution in [2.24, 2.45) is 11.7 Å². The standard InChI is InChI=1S/C18H30N2/c1-13(14-5-9-16(19)10-6-14)20-17-11-7-15(8-12-17)18(2,3)4/h7-8,11-14,16,20H,5-6,9-10,19H2,1-4H3. The molecule has 2 rings (SSSR count). The Labute approximate surface area is 124 Å². The van der Waals surface area contributed by atoms with Crippen LogP contribution in [0.2, 0.25) is 0 Å². The van der Waals surface area contributed by atoms with Gasteiger partial charge in [0.05, 0.1) is 0 Å². The summed E-state index contributed by atoms with van der Waals surface area (Å²) < 4.78 is 0. The fourth-order valence-electron chi connectivity index (χ4n) is 3.09. The molecule has 1 aromatic carbocycles. The molecule has 1 saturated carbocycles. The lowest BCUT2D eigenvalue weighted by atomic mass is 9.82. The van der Waals surface area contributed by atoms with Crippen LogP contribution in [0.1, 0.15) is 58.9 Å². The van der Waals surface area contributed by atoms with Gasteiger partial charge in [-0.3, -0.25) is 0 Å². The fraction of sp³-hybridized carbons (Fsp3) is 0.667. The van der Waals surface area contributed by atoms with E-state index in [1.165, 1.54) is 36.9 Å². The summed E-state index contributed by atoms with van der Waals surface area (Å²) in [5.41, 5.74) is 8.84. The molecule has 2 heteroatoms. The molecule has 3 N–H and O–H groups in total. The van der Waals surface area contributed by atoms with E-state index in [1.54, 1.807) is 0 Å². The smallest absolute Gasteiger partial charge is 0.0342 e. The molecule has 2 nitrogen and oxygen atoms in total. The zero-order valence-corrected chi connectivity index (χ0v) is 13.4. The molecule has 1 aliphatic carbocycles. The minimum absolute atomic E-state index is 0.226. The van der Waals surface area contributed by atoms with Crippen molar-refractivity contribution >= 4 is 5.69 Å². The third-order valence-electron chi connectivity index (χ3n) is 4.67. The van der Waals surface area contributed by atoms with Gasteiger partial charge in [-0.05, 0) is 61.6 Å². The van der Waals surface area contributed by atoms with E-state index in [1.807, 2.05) is 0 Å². The predicted octanol–water partition coefficient (Wildman–Crippen LogP) is 4.30. The topological polar surface area (TPSA) is 38.0 Å². The molecule has 0 bridgehead atoms. The van der Waals surface area contributed by atoms with Gasteiger partial charge in [0.1, 0.15) is 0 Å². The van der Waals surface area contributed by atoms with Crippen molar-refractivity contribution in [3.05, 3.63) is 29.8 Å². The molecule has 20 heavy (non-hydrogen) atoms. The van der Waals surface area contributed by atoms with E-state index in [4.69, 9.17) is 5.73 Å². The van der Waals surface area contributed by atoms with Gasteiger partial charge in [0, 0.05) is 17.8 Å². The quantitative estimate of drug-likeness (QED) is 0.862. The van der Waals surface area contributed by atoms with Crippen molar-refractivity contribution < 1.29 is 0 Å². The molecule has 0 aliphatic heterocycles. The summed E-state index contributed by atoms with van der Waals surface area (Å²) in [4.78, 5) is 0. The van der Waals surface area contributed by atoms with E-state index in [-0.39, 0.29) is 5.41 Å². The van der Waals surface area contributed by atoms with Crippen LogP contribution in [0.15, 0.2) is 24.3 Å². The van der Waals surface area contributed by atoms with Crippen molar-refractivity contribution in [2.75, 3.05) is 5.32 Å². The summed E-state index contributed by atoms with van der Waals surface area (Å²) in [6, 6.07) is 9.88. The van der Waals surface area contributed by atoms with Crippen LogP contribution in [0.5, 0.6) is 0 Å². The van der Waals surface area contributed by atoms with Crippen LogP contribution in [0.4, 0.5) is 5.69 Å². The van der Waals surface area contributed by atoms with Gasteiger partial charge in [0.25, 0.3) is 0 Å². The minimum atomic E-state index is 0.226. The molecule has 0 radical (unpaired) electrons. The maximum absolute atomic E-state index is 5.99. The second-order valence-corrected chi connectivity index (χ2v) is 7.44. The summed E-state index contributed by atoms with van der Waals surface area (Å²) >= 11 is 0. The number of hydrogen-bond acceptors (Lipinski definition) is 2. The Morgan fingerprint density at radius 3 is 2.10 bits per heavy atom. The van der Waals surface area contributed by atoms with Gasteiger partial charge in [0.2, 0.25) is 0 Å². The second-order valence-electron chi connectivity index (χ2n) is 7.44. The zero-order valence-electron chi connectivity index (χ0n) is 13.4.